The summed E-state index contributed by atoms with van der Waals surface area (Å²) in [7, 11) is 0. The Balaban J connectivity index is 2.58. The van der Waals surface area contributed by atoms with E-state index in [0.717, 1.165) is 27.2 Å². The van der Waals surface area contributed by atoms with Crippen LogP contribution in [0.15, 0.2) is 22.7 Å². The zero-order valence-corrected chi connectivity index (χ0v) is 12.9. The smallest absolute Gasteiger partial charge is 0.159 e. The number of hydrogen-bond acceptors (Lipinski definition) is 2. The molecule has 0 bridgehead atoms. The second-order valence-corrected chi connectivity index (χ2v) is 5.44. The molecule has 0 amide bonds. The lowest BCUT2D eigenvalue weighted by Gasteiger charge is -2.08. The largest absolute Gasteiger partial charge is 0.233 e. The average Bonchev–Trinajstić information content (AvgIpc) is 2.34. The Bertz CT molecular complexity index is 573. The Morgan fingerprint density at radius 1 is 1.06 bits per heavy atom. The van der Waals surface area contributed by atoms with Gasteiger partial charge in [0.15, 0.2) is 5.82 Å². The van der Waals surface area contributed by atoms with E-state index < -0.39 is 0 Å². The Labute approximate surface area is 121 Å². The molecule has 0 fully saturated rings. The second-order valence-electron chi connectivity index (χ2n) is 4.38. The summed E-state index contributed by atoms with van der Waals surface area (Å²) in [6, 6.07) is 6.09. The van der Waals surface area contributed by atoms with Crippen molar-refractivity contribution in [1.82, 2.24) is 9.97 Å². The predicted molar refractivity (Wildman–Crippen MR) is 78.9 cm³/mol. The van der Waals surface area contributed by atoms with Gasteiger partial charge in [-0.25, -0.2) is 9.97 Å². The van der Waals surface area contributed by atoms with Crippen molar-refractivity contribution in [3.63, 3.8) is 0 Å². The first-order valence-electron chi connectivity index (χ1n) is 5.69. The molecule has 94 valence electrons. The van der Waals surface area contributed by atoms with Crippen molar-refractivity contribution in [2.45, 2.75) is 26.7 Å². The van der Waals surface area contributed by atoms with Crippen LogP contribution in [0.5, 0.6) is 0 Å². The minimum absolute atomic E-state index is 0.408. The third-order valence-corrected chi connectivity index (χ3v) is 4.26. The Morgan fingerprint density at radius 2 is 1.67 bits per heavy atom. The van der Waals surface area contributed by atoms with Gasteiger partial charge in [0, 0.05) is 15.7 Å². The quantitative estimate of drug-likeness (QED) is 0.756. The fourth-order valence-corrected chi connectivity index (χ4v) is 2.27. The van der Waals surface area contributed by atoms with E-state index in [1.54, 1.807) is 0 Å². The van der Waals surface area contributed by atoms with Crippen LogP contribution >= 0.6 is 27.5 Å². The van der Waals surface area contributed by atoms with Gasteiger partial charge in [0.05, 0.1) is 11.6 Å². The van der Waals surface area contributed by atoms with Crippen LogP contribution in [0.3, 0.4) is 0 Å². The molecule has 2 nitrogen and oxygen atoms in total. The molecule has 1 heterocycles. The van der Waals surface area contributed by atoms with Crippen LogP contribution in [-0.4, -0.2) is 9.97 Å². The molecule has 2 aromatic rings. The van der Waals surface area contributed by atoms with Gasteiger partial charge in [-0.15, -0.1) is 11.6 Å². The van der Waals surface area contributed by atoms with E-state index in [-0.39, 0.29) is 0 Å². The van der Waals surface area contributed by atoms with E-state index in [2.05, 4.69) is 51.9 Å². The van der Waals surface area contributed by atoms with Gasteiger partial charge in [0.2, 0.25) is 0 Å². The highest BCUT2D eigenvalue weighted by molar-refractivity contribution is 9.10. The molecule has 0 N–H and O–H groups in total. The number of benzene rings is 1. The van der Waals surface area contributed by atoms with Gasteiger partial charge >= 0.3 is 0 Å². The van der Waals surface area contributed by atoms with Crippen molar-refractivity contribution < 1.29 is 0 Å². The van der Waals surface area contributed by atoms with Crippen LogP contribution in [0.25, 0.3) is 11.4 Å². The number of rotatable bonds is 2. The van der Waals surface area contributed by atoms with Gasteiger partial charge in [0.1, 0.15) is 0 Å². The van der Waals surface area contributed by atoms with Crippen LogP contribution in [-0.2, 0) is 5.88 Å². The molecule has 0 aliphatic heterocycles. The molecule has 0 unspecified atom stereocenters. The Morgan fingerprint density at radius 3 is 2.22 bits per heavy atom. The minimum Gasteiger partial charge on any atom is -0.233 e. The maximum absolute atomic E-state index is 5.85. The van der Waals surface area contributed by atoms with Crippen molar-refractivity contribution in [2.24, 2.45) is 0 Å². The highest BCUT2D eigenvalue weighted by Crippen LogP contribution is 2.27. The van der Waals surface area contributed by atoms with E-state index in [4.69, 9.17) is 11.6 Å². The predicted octanol–water partition coefficient (Wildman–Crippen LogP) is 4.57. The van der Waals surface area contributed by atoms with Crippen molar-refractivity contribution in [3.8, 4) is 11.4 Å². The van der Waals surface area contributed by atoms with Gasteiger partial charge in [0.25, 0.3) is 0 Å². The van der Waals surface area contributed by atoms with E-state index in [0.29, 0.717) is 5.88 Å². The van der Waals surface area contributed by atoms with Crippen molar-refractivity contribution in [1.29, 1.82) is 0 Å². The number of alkyl halides is 1. The summed E-state index contributed by atoms with van der Waals surface area (Å²) >= 11 is 9.41. The minimum atomic E-state index is 0.408. The Kier molecular flexibility index (Phi) is 4.03. The SMILES string of the molecule is Cc1cc(CCl)nc(-c2cc(C)c(Br)c(C)c2)n1. The van der Waals surface area contributed by atoms with Crippen molar-refractivity contribution in [3.05, 3.63) is 45.2 Å². The maximum Gasteiger partial charge on any atom is 0.159 e. The van der Waals surface area contributed by atoms with Crippen molar-refractivity contribution in [2.75, 3.05) is 0 Å². The van der Waals surface area contributed by atoms with Gasteiger partial charge in [-0.05, 0) is 50.1 Å². The van der Waals surface area contributed by atoms with Crippen molar-refractivity contribution >= 4 is 27.5 Å². The molecular formula is C14H14BrClN2. The molecule has 0 aliphatic rings. The maximum atomic E-state index is 5.85. The Hall–Kier alpha value is -0.930. The molecular weight excluding hydrogens is 312 g/mol. The van der Waals surface area contributed by atoms with E-state index in [1.165, 1.54) is 11.1 Å². The van der Waals surface area contributed by atoms with Gasteiger partial charge < -0.3 is 0 Å². The highest BCUT2D eigenvalue weighted by Gasteiger charge is 2.08. The summed E-state index contributed by atoms with van der Waals surface area (Å²) in [5, 5.41) is 0. The third-order valence-electron chi connectivity index (χ3n) is 2.74. The number of halogens is 2. The number of nitrogens with zero attached hydrogens (tertiary/aromatic N) is 2. The lowest BCUT2D eigenvalue weighted by Crippen LogP contribution is -1.97. The fourth-order valence-electron chi connectivity index (χ4n) is 1.91. The molecule has 1 aromatic carbocycles. The zero-order valence-electron chi connectivity index (χ0n) is 10.6. The molecule has 1 aromatic heterocycles. The average molecular weight is 326 g/mol. The highest BCUT2D eigenvalue weighted by atomic mass is 79.9. The normalized spacial score (nSPS) is 10.7. The third kappa shape index (κ3) is 2.73. The van der Waals surface area contributed by atoms with Crippen LogP contribution in [0.4, 0.5) is 0 Å². The molecule has 18 heavy (non-hydrogen) atoms. The van der Waals surface area contributed by atoms with Crippen LogP contribution < -0.4 is 0 Å². The molecule has 0 radical (unpaired) electrons. The summed E-state index contributed by atoms with van der Waals surface area (Å²) in [6.45, 7) is 6.09. The summed E-state index contributed by atoms with van der Waals surface area (Å²) in [5.41, 5.74) is 5.19. The second kappa shape index (κ2) is 5.37. The summed E-state index contributed by atoms with van der Waals surface area (Å²) in [5.74, 6) is 1.15. The monoisotopic (exact) mass is 324 g/mol. The van der Waals surface area contributed by atoms with E-state index in [1.807, 2.05) is 13.0 Å². The van der Waals surface area contributed by atoms with Crippen LogP contribution in [0, 0.1) is 20.8 Å². The molecule has 0 saturated heterocycles. The first kappa shape index (κ1) is 13.5. The van der Waals surface area contributed by atoms with Gasteiger partial charge in [-0.2, -0.15) is 0 Å². The number of aryl methyl sites for hydroxylation is 3. The number of aromatic nitrogens is 2. The summed E-state index contributed by atoms with van der Waals surface area (Å²) in [4.78, 5) is 8.95. The topological polar surface area (TPSA) is 25.8 Å². The first-order valence-corrected chi connectivity index (χ1v) is 7.01. The van der Waals surface area contributed by atoms with Gasteiger partial charge in [-0.1, -0.05) is 15.9 Å². The van der Waals surface area contributed by atoms with E-state index in [9.17, 15) is 0 Å². The zero-order chi connectivity index (χ0) is 13.3. The lowest BCUT2D eigenvalue weighted by molar-refractivity contribution is 1.05. The standard InChI is InChI=1S/C14H14BrClN2/c1-8-4-11(5-9(2)13(8)15)14-17-10(3)6-12(7-16)18-14/h4-6H,7H2,1-3H3. The fraction of sp³-hybridized carbons (Fsp3) is 0.286. The molecule has 0 atom stereocenters. The van der Waals surface area contributed by atoms with E-state index >= 15 is 0 Å². The molecule has 0 aliphatic carbocycles. The summed E-state index contributed by atoms with van der Waals surface area (Å²) < 4.78 is 1.14. The van der Waals surface area contributed by atoms with Crippen LogP contribution in [0.2, 0.25) is 0 Å². The number of hydrogen-bond donors (Lipinski definition) is 0. The van der Waals surface area contributed by atoms with Gasteiger partial charge in [-0.3, -0.25) is 0 Å². The van der Waals surface area contributed by atoms with Crippen LogP contribution in [0.1, 0.15) is 22.5 Å². The molecule has 0 saturated carbocycles. The lowest BCUT2D eigenvalue weighted by atomic mass is 10.1. The molecule has 4 heteroatoms. The summed E-state index contributed by atoms with van der Waals surface area (Å²) in [6.07, 6.45) is 0. The first-order chi connectivity index (χ1) is 8.51. The molecule has 0 spiro atoms. The molecule has 2 rings (SSSR count).